The Kier molecular flexibility index (Phi) is 5.88. The maximum absolute atomic E-state index is 11.4. The first-order chi connectivity index (χ1) is 11.8. The third-order valence-corrected chi connectivity index (χ3v) is 3.39. The number of carbonyl (C=O) groups is 2. The number of para-hydroxylation sites is 1. The van der Waals surface area contributed by atoms with Crippen LogP contribution in [0.4, 0.5) is 4.79 Å². The predicted octanol–water partition coefficient (Wildman–Crippen LogP) is 4.41. The number of ether oxygens (including phenoxy) is 3. The molecule has 2 aromatic carbocycles. The minimum absolute atomic E-state index is 0.112. The fourth-order valence-electron chi connectivity index (χ4n) is 1.94. The number of rotatable bonds is 6. The molecule has 0 radical (unpaired) electrons. The van der Waals surface area contributed by atoms with Crippen LogP contribution < -0.4 is 9.47 Å². The van der Waals surface area contributed by atoms with Gasteiger partial charge in [-0.15, -0.1) is 0 Å². The van der Waals surface area contributed by atoms with Crippen LogP contribution in [0.3, 0.4) is 0 Å². The van der Waals surface area contributed by atoms with E-state index in [1.807, 2.05) is 26.0 Å². The van der Waals surface area contributed by atoms with Crippen molar-refractivity contribution in [3.05, 3.63) is 59.1 Å². The van der Waals surface area contributed by atoms with E-state index >= 15 is 0 Å². The molecule has 0 aliphatic heterocycles. The van der Waals surface area contributed by atoms with E-state index < -0.39 is 17.7 Å². The SMILES string of the molecule is CC(C)(COc1ccc(C(=O)OC(=O)O)cc1)Oc1ccccc1Cl. The summed E-state index contributed by atoms with van der Waals surface area (Å²) in [6.07, 6.45) is -1.65. The maximum Gasteiger partial charge on any atom is 0.513 e. The number of carboxylic acid groups (broad SMARTS) is 1. The van der Waals surface area contributed by atoms with E-state index in [4.69, 9.17) is 26.2 Å². The molecule has 0 heterocycles. The zero-order chi connectivity index (χ0) is 18.4. The number of hydrogen-bond donors (Lipinski definition) is 1. The molecule has 2 aromatic rings. The molecule has 0 spiro atoms. The molecule has 0 amide bonds. The van der Waals surface area contributed by atoms with Gasteiger partial charge in [-0.1, -0.05) is 23.7 Å². The minimum atomic E-state index is -1.65. The standard InChI is InChI=1S/C18H17ClO6/c1-18(2,25-15-6-4-3-5-14(15)19)11-23-13-9-7-12(8-10-13)16(20)24-17(21)22/h3-10H,11H2,1-2H3,(H,21,22). The van der Waals surface area contributed by atoms with Crippen molar-refractivity contribution in [3.63, 3.8) is 0 Å². The lowest BCUT2D eigenvalue weighted by Crippen LogP contribution is -2.35. The van der Waals surface area contributed by atoms with Crippen LogP contribution >= 0.6 is 11.6 Å². The van der Waals surface area contributed by atoms with Gasteiger partial charge in [0.05, 0.1) is 10.6 Å². The van der Waals surface area contributed by atoms with Crippen LogP contribution in [0.2, 0.25) is 5.02 Å². The number of benzene rings is 2. The Labute approximate surface area is 149 Å². The van der Waals surface area contributed by atoms with Gasteiger partial charge in [-0.05, 0) is 50.2 Å². The van der Waals surface area contributed by atoms with Gasteiger partial charge in [-0.2, -0.15) is 0 Å². The van der Waals surface area contributed by atoms with Crippen LogP contribution in [0.5, 0.6) is 11.5 Å². The average molecular weight is 365 g/mol. The normalized spacial score (nSPS) is 10.8. The summed E-state index contributed by atoms with van der Waals surface area (Å²) >= 11 is 6.08. The summed E-state index contributed by atoms with van der Waals surface area (Å²) in [6.45, 7) is 3.95. The highest BCUT2D eigenvalue weighted by atomic mass is 35.5. The molecule has 0 saturated heterocycles. The van der Waals surface area contributed by atoms with Crippen molar-refractivity contribution in [2.75, 3.05) is 6.61 Å². The molecule has 0 aliphatic rings. The van der Waals surface area contributed by atoms with Crippen molar-refractivity contribution in [3.8, 4) is 11.5 Å². The van der Waals surface area contributed by atoms with Crippen LogP contribution in [0, 0.1) is 0 Å². The Balaban J connectivity index is 1.95. The molecule has 7 heteroatoms. The van der Waals surface area contributed by atoms with Gasteiger partial charge in [0, 0.05) is 0 Å². The molecule has 0 bridgehead atoms. The second-order valence-electron chi connectivity index (χ2n) is 5.76. The largest absolute Gasteiger partial charge is 0.513 e. The number of esters is 1. The van der Waals surface area contributed by atoms with E-state index in [1.165, 1.54) is 12.1 Å². The van der Waals surface area contributed by atoms with E-state index in [1.54, 1.807) is 24.3 Å². The first-order valence-electron chi connectivity index (χ1n) is 7.38. The van der Waals surface area contributed by atoms with Crippen LogP contribution in [0.15, 0.2) is 48.5 Å². The zero-order valence-electron chi connectivity index (χ0n) is 13.7. The van der Waals surface area contributed by atoms with Gasteiger partial charge in [-0.25, -0.2) is 9.59 Å². The van der Waals surface area contributed by atoms with Gasteiger partial charge in [-0.3, -0.25) is 0 Å². The van der Waals surface area contributed by atoms with Crippen LogP contribution in [-0.2, 0) is 4.74 Å². The molecule has 0 atom stereocenters. The number of hydrogen-bond acceptors (Lipinski definition) is 5. The van der Waals surface area contributed by atoms with Crippen molar-refractivity contribution in [1.29, 1.82) is 0 Å². The molecular weight excluding hydrogens is 348 g/mol. The highest BCUT2D eigenvalue weighted by Crippen LogP contribution is 2.27. The summed E-state index contributed by atoms with van der Waals surface area (Å²) in [7, 11) is 0. The Morgan fingerprint density at radius 3 is 2.32 bits per heavy atom. The van der Waals surface area contributed by atoms with Gasteiger partial charge < -0.3 is 19.3 Å². The van der Waals surface area contributed by atoms with Gasteiger partial charge in [0.1, 0.15) is 23.7 Å². The van der Waals surface area contributed by atoms with Crippen LogP contribution in [0.1, 0.15) is 24.2 Å². The molecule has 0 aromatic heterocycles. The third kappa shape index (κ3) is 5.69. The molecule has 132 valence electrons. The predicted molar refractivity (Wildman–Crippen MR) is 91.5 cm³/mol. The first-order valence-corrected chi connectivity index (χ1v) is 7.76. The summed E-state index contributed by atoms with van der Waals surface area (Å²) < 4.78 is 15.6. The highest BCUT2D eigenvalue weighted by molar-refractivity contribution is 6.32. The Morgan fingerprint density at radius 1 is 1.08 bits per heavy atom. The van der Waals surface area contributed by atoms with Gasteiger partial charge >= 0.3 is 12.1 Å². The van der Waals surface area contributed by atoms with Gasteiger partial charge in [0.15, 0.2) is 0 Å². The molecule has 0 unspecified atom stereocenters. The van der Waals surface area contributed by atoms with Crippen molar-refractivity contribution >= 4 is 23.7 Å². The molecule has 0 saturated carbocycles. The molecule has 2 rings (SSSR count). The van der Waals surface area contributed by atoms with Crippen LogP contribution in [-0.4, -0.2) is 29.4 Å². The quantitative estimate of drug-likeness (QED) is 0.603. The zero-order valence-corrected chi connectivity index (χ0v) is 14.4. The molecule has 6 nitrogen and oxygen atoms in total. The smallest absolute Gasteiger partial charge is 0.489 e. The molecule has 0 fully saturated rings. The fraction of sp³-hybridized carbons (Fsp3) is 0.222. The summed E-state index contributed by atoms with van der Waals surface area (Å²) in [4.78, 5) is 21.8. The molecule has 1 N–H and O–H groups in total. The molecule has 25 heavy (non-hydrogen) atoms. The second-order valence-corrected chi connectivity index (χ2v) is 6.17. The Bertz CT molecular complexity index is 754. The van der Waals surface area contributed by atoms with Crippen molar-refractivity contribution < 1.29 is 28.9 Å². The van der Waals surface area contributed by atoms with Crippen LogP contribution in [0.25, 0.3) is 0 Å². The summed E-state index contributed by atoms with van der Waals surface area (Å²) in [6, 6.07) is 13.1. The monoisotopic (exact) mass is 364 g/mol. The van der Waals surface area contributed by atoms with E-state index in [0.29, 0.717) is 16.5 Å². The lowest BCUT2D eigenvalue weighted by atomic mass is 10.1. The van der Waals surface area contributed by atoms with E-state index in [0.717, 1.165) is 0 Å². The summed E-state index contributed by atoms with van der Waals surface area (Å²) in [5.41, 5.74) is -0.535. The lowest BCUT2D eigenvalue weighted by Gasteiger charge is -2.27. The number of carbonyl (C=O) groups excluding carboxylic acids is 1. The summed E-state index contributed by atoms with van der Waals surface area (Å²) in [5.74, 6) is 0.119. The molecule has 0 aliphatic carbocycles. The average Bonchev–Trinajstić information content (AvgIpc) is 2.55. The van der Waals surface area contributed by atoms with Crippen molar-refractivity contribution in [1.82, 2.24) is 0 Å². The van der Waals surface area contributed by atoms with E-state index in [-0.39, 0.29) is 12.2 Å². The third-order valence-electron chi connectivity index (χ3n) is 3.08. The second kappa shape index (κ2) is 7.90. The first kappa shape index (κ1) is 18.6. The van der Waals surface area contributed by atoms with E-state index in [9.17, 15) is 9.59 Å². The van der Waals surface area contributed by atoms with Crippen molar-refractivity contribution in [2.24, 2.45) is 0 Å². The minimum Gasteiger partial charge on any atom is -0.489 e. The lowest BCUT2D eigenvalue weighted by molar-refractivity contribution is 0.0500. The summed E-state index contributed by atoms with van der Waals surface area (Å²) in [5, 5.41) is 8.93. The van der Waals surface area contributed by atoms with Crippen molar-refractivity contribution in [2.45, 2.75) is 19.4 Å². The number of halogens is 1. The Morgan fingerprint density at radius 2 is 1.72 bits per heavy atom. The maximum atomic E-state index is 11.4. The fourth-order valence-corrected chi connectivity index (χ4v) is 2.11. The van der Waals surface area contributed by atoms with E-state index in [2.05, 4.69) is 4.74 Å². The Hall–Kier alpha value is -2.73. The topological polar surface area (TPSA) is 82.1 Å². The van der Waals surface area contributed by atoms with Gasteiger partial charge in [0.2, 0.25) is 0 Å². The molecular formula is C18H17ClO6. The van der Waals surface area contributed by atoms with Gasteiger partial charge in [0.25, 0.3) is 0 Å². The highest BCUT2D eigenvalue weighted by Gasteiger charge is 2.22.